The SMILES string of the molecule is CCCC(C)NC(=O)C(c1cccc(C)c1O)N(C(=O)C(CO)NC(=O)OC(C)(C)C)C(C)CCC(C)C. The fraction of sp³-hybridized carbons (Fsp3) is 0.690. The third kappa shape index (κ3) is 10.2. The summed E-state index contributed by atoms with van der Waals surface area (Å²) in [5.41, 5.74) is 0.0439. The summed E-state index contributed by atoms with van der Waals surface area (Å²) in [5.74, 6) is -0.804. The lowest BCUT2D eigenvalue weighted by Gasteiger charge is -2.39. The van der Waals surface area contributed by atoms with Crippen molar-refractivity contribution in [2.45, 2.75) is 118 Å². The zero-order chi connectivity index (χ0) is 29.2. The average Bonchev–Trinajstić information content (AvgIpc) is 2.80. The number of aryl methyl sites for hydroxylation is 1. The van der Waals surface area contributed by atoms with Gasteiger partial charge in [-0.25, -0.2) is 4.79 Å². The maximum Gasteiger partial charge on any atom is 0.408 e. The lowest BCUT2D eigenvalue weighted by molar-refractivity contribution is -0.146. The van der Waals surface area contributed by atoms with E-state index < -0.39 is 48.2 Å². The highest BCUT2D eigenvalue weighted by molar-refractivity contribution is 5.93. The van der Waals surface area contributed by atoms with Crippen LogP contribution in [-0.2, 0) is 14.3 Å². The third-order valence-corrected chi connectivity index (χ3v) is 6.26. The lowest BCUT2D eigenvalue weighted by Crippen LogP contribution is -2.57. The van der Waals surface area contributed by atoms with Gasteiger partial charge in [-0.05, 0) is 72.3 Å². The summed E-state index contributed by atoms with van der Waals surface area (Å²) in [6.45, 7) is 16.0. The van der Waals surface area contributed by atoms with Crippen LogP contribution in [0.2, 0.25) is 0 Å². The second kappa shape index (κ2) is 15.0. The number of ether oxygens (including phenoxy) is 1. The average molecular weight is 536 g/mol. The van der Waals surface area contributed by atoms with Crippen LogP contribution in [0.1, 0.15) is 98.2 Å². The van der Waals surface area contributed by atoms with E-state index in [0.717, 1.165) is 19.3 Å². The Bertz CT molecular complexity index is 927. The van der Waals surface area contributed by atoms with Gasteiger partial charge in [-0.1, -0.05) is 45.4 Å². The van der Waals surface area contributed by atoms with E-state index >= 15 is 0 Å². The molecule has 0 aliphatic rings. The van der Waals surface area contributed by atoms with Gasteiger partial charge in [0.15, 0.2) is 0 Å². The Morgan fingerprint density at radius 2 is 1.66 bits per heavy atom. The van der Waals surface area contributed by atoms with Crippen LogP contribution < -0.4 is 10.6 Å². The van der Waals surface area contributed by atoms with Gasteiger partial charge < -0.3 is 30.5 Å². The van der Waals surface area contributed by atoms with E-state index in [1.165, 1.54) is 4.90 Å². The summed E-state index contributed by atoms with van der Waals surface area (Å²) in [6.07, 6.45) is 2.12. The number of para-hydroxylation sites is 1. The number of phenols is 1. The van der Waals surface area contributed by atoms with Crippen molar-refractivity contribution < 1.29 is 29.3 Å². The molecule has 0 radical (unpaired) electrons. The summed E-state index contributed by atoms with van der Waals surface area (Å²) >= 11 is 0. The second-order valence-corrected chi connectivity index (χ2v) is 11.6. The Labute approximate surface area is 228 Å². The quantitative estimate of drug-likeness (QED) is 0.293. The van der Waals surface area contributed by atoms with Crippen LogP contribution in [0.3, 0.4) is 0 Å². The number of nitrogens with zero attached hydrogens (tertiary/aromatic N) is 1. The molecular weight excluding hydrogens is 486 g/mol. The summed E-state index contributed by atoms with van der Waals surface area (Å²) in [6, 6.07) is 1.95. The number of hydrogen-bond acceptors (Lipinski definition) is 6. The van der Waals surface area contributed by atoms with E-state index in [4.69, 9.17) is 4.74 Å². The molecule has 4 N–H and O–H groups in total. The molecule has 1 aromatic rings. The fourth-order valence-corrected chi connectivity index (χ4v) is 4.27. The predicted octanol–water partition coefficient (Wildman–Crippen LogP) is 4.59. The minimum absolute atomic E-state index is 0.0784. The summed E-state index contributed by atoms with van der Waals surface area (Å²) in [5, 5.41) is 26.6. The van der Waals surface area contributed by atoms with E-state index in [-0.39, 0.29) is 17.4 Å². The van der Waals surface area contributed by atoms with Crippen LogP contribution in [0.4, 0.5) is 4.79 Å². The molecule has 4 unspecified atom stereocenters. The van der Waals surface area contributed by atoms with Crippen LogP contribution in [0.25, 0.3) is 0 Å². The van der Waals surface area contributed by atoms with E-state index in [9.17, 15) is 24.6 Å². The molecule has 0 aliphatic heterocycles. The molecule has 0 heterocycles. The first-order chi connectivity index (χ1) is 17.6. The number of carbonyl (C=O) groups is 3. The van der Waals surface area contributed by atoms with Crippen LogP contribution in [0.15, 0.2) is 18.2 Å². The summed E-state index contributed by atoms with van der Waals surface area (Å²) in [7, 11) is 0. The molecular formula is C29H49N3O6. The molecule has 0 saturated carbocycles. The molecule has 216 valence electrons. The zero-order valence-electron chi connectivity index (χ0n) is 24.6. The molecule has 1 rings (SSSR count). The Hall–Kier alpha value is -2.81. The third-order valence-electron chi connectivity index (χ3n) is 6.26. The maximum absolute atomic E-state index is 14.0. The number of aliphatic hydroxyl groups is 1. The molecule has 4 atom stereocenters. The largest absolute Gasteiger partial charge is 0.507 e. The summed E-state index contributed by atoms with van der Waals surface area (Å²) in [4.78, 5) is 41.7. The number of benzene rings is 1. The normalized spacial score (nSPS) is 14.8. The van der Waals surface area contributed by atoms with Crippen molar-refractivity contribution in [2.24, 2.45) is 5.92 Å². The molecule has 0 spiro atoms. The van der Waals surface area contributed by atoms with Crippen molar-refractivity contribution >= 4 is 17.9 Å². The highest BCUT2D eigenvalue weighted by Crippen LogP contribution is 2.34. The molecule has 0 bridgehead atoms. The van der Waals surface area contributed by atoms with Gasteiger partial charge in [-0.15, -0.1) is 0 Å². The first-order valence-corrected chi connectivity index (χ1v) is 13.6. The van der Waals surface area contributed by atoms with E-state index in [0.29, 0.717) is 17.9 Å². The van der Waals surface area contributed by atoms with Gasteiger partial charge in [-0.3, -0.25) is 9.59 Å². The first-order valence-electron chi connectivity index (χ1n) is 13.6. The molecule has 0 fully saturated rings. The minimum atomic E-state index is -1.35. The Morgan fingerprint density at radius 1 is 1.03 bits per heavy atom. The van der Waals surface area contributed by atoms with Crippen LogP contribution in [-0.4, -0.2) is 63.4 Å². The van der Waals surface area contributed by atoms with Gasteiger partial charge in [0.2, 0.25) is 11.8 Å². The molecule has 9 heteroatoms. The lowest BCUT2D eigenvalue weighted by atomic mass is 9.95. The number of carbonyl (C=O) groups excluding carboxylic acids is 3. The monoisotopic (exact) mass is 535 g/mol. The first kappa shape index (κ1) is 33.2. The van der Waals surface area contributed by atoms with Crippen LogP contribution in [0, 0.1) is 12.8 Å². The molecule has 3 amide bonds. The van der Waals surface area contributed by atoms with Gasteiger partial charge in [0.05, 0.1) is 6.61 Å². The molecule has 0 aromatic heterocycles. The Kier molecular flexibility index (Phi) is 13.1. The maximum atomic E-state index is 14.0. The highest BCUT2D eigenvalue weighted by atomic mass is 16.6. The van der Waals surface area contributed by atoms with Gasteiger partial charge in [-0.2, -0.15) is 0 Å². The van der Waals surface area contributed by atoms with Gasteiger partial charge in [0.25, 0.3) is 0 Å². The minimum Gasteiger partial charge on any atom is -0.507 e. The molecule has 0 saturated heterocycles. The van der Waals surface area contributed by atoms with Gasteiger partial charge in [0, 0.05) is 17.6 Å². The van der Waals surface area contributed by atoms with Crippen LogP contribution >= 0.6 is 0 Å². The van der Waals surface area contributed by atoms with E-state index in [1.54, 1.807) is 45.9 Å². The smallest absolute Gasteiger partial charge is 0.408 e. The number of phenolic OH excluding ortho intramolecular Hbond substituents is 1. The number of aromatic hydroxyl groups is 1. The van der Waals surface area contributed by atoms with Crippen molar-refractivity contribution in [3.05, 3.63) is 29.3 Å². The van der Waals surface area contributed by atoms with Crippen LogP contribution in [0.5, 0.6) is 5.75 Å². The topological polar surface area (TPSA) is 128 Å². The van der Waals surface area contributed by atoms with Crippen molar-refractivity contribution in [2.75, 3.05) is 6.61 Å². The zero-order valence-corrected chi connectivity index (χ0v) is 24.6. The molecule has 38 heavy (non-hydrogen) atoms. The number of alkyl carbamates (subject to hydrolysis) is 1. The van der Waals surface area contributed by atoms with E-state index in [2.05, 4.69) is 24.5 Å². The molecule has 9 nitrogen and oxygen atoms in total. The van der Waals surface area contributed by atoms with Gasteiger partial charge >= 0.3 is 6.09 Å². The standard InChI is InChI=1S/C29H49N3O6/c1-10-12-20(5)30-26(35)24(22-14-11-13-19(4)25(22)34)32(21(6)16-15-18(2)3)27(36)23(17-33)31-28(37)38-29(7,8)9/h11,13-14,18,20-21,23-24,33-34H,10,12,15-17H2,1-9H3,(H,30,35)(H,31,37). The number of rotatable bonds is 13. The van der Waals surface area contributed by atoms with Crippen molar-refractivity contribution in [3.8, 4) is 5.75 Å². The number of hydrogen-bond donors (Lipinski definition) is 4. The number of amides is 3. The molecule has 0 aliphatic carbocycles. The fourth-order valence-electron chi connectivity index (χ4n) is 4.27. The van der Waals surface area contributed by atoms with E-state index in [1.807, 2.05) is 20.8 Å². The van der Waals surface area contributed by atoms with Gasteiger partial charge in [0.1, 0.15) is 23.4 Å². The Balaban J connectivity index is 3.62. The summed E-state index contributed by atoms with van der Waals surface area (Å²) < 4.78 is 5.30. The van der Waals surface area contributed by atoms with Crippen molar-refractivity contribution in [1.29, 1.82) is 0 Å². The van der Waals surface area contributed by atoms with Crippen molar-refractivity contribution in [1.82, 2.24) is 15.5 Å². The molecule has 1 aromatic carbocycles. The number of aliphatic hydroxyl groups excluding tert-OH is 1. The number of nitrogens with one attached hydrogen (secondary N) is 2. The Morgan fingerprint density at radius 3 is 2.18 bits per heavy atom. The highest BCUT2D eigenvalue weighted by Gasteiger charge is 2.40. The predicted molar refractivity (Wildman–Crippen MR) is 149 cm³/mol. The second-order valence-electron chi connectivity index (χ2n) is 11.6. The van der Waals surface area contributed by atoms with Crippen molar-refractivity contribution in [3.63, 3.8) is 0 Å².